The van der Waals surface area contributed by atoms with E-state index in [1.54, 1.807) is 18.2 Å². The minimum Gasteiger partial charge on any atom is -0.477 e. The number of nitrogens with zero attached hydrogens (tertiary/aromatic N) is 2. The number of Topliss-reactive ketones (excluding diaryl/α,β-unsaturated/α-hetero) is 1. The van der Waals surface area contributed by atoms with E-state index in [9.17, 15) is 19.5 Å². The van der Waals surface area contributed by atoms with Gasteiger partial charge in [-0.2, -0.15) is 0 Å². The highest BCUT2D eigenvalue weighted by atomic mass is 32.1. The molecule has 0 atom stereocenters. The highest BCUT2D eigenvalue weighted by molar-refractivity contribution is 7.16. The molecule has 0 unspecified atom stereocenters. The number of nitrogens with one attached hydrogen (secondary N) is 2. The van der Waals surface area contributed by atoms with Gasteiger partial charge in [0, 0.05) is 27.8 Å². The van der Waals surface area contributed by atoms with E-state index in [0.29, 0.717) is 71.0 Å². The first-order valence-electron chi connectivity index (χ1n) is 12.4. The molecule has 4 rings (SSSR count). The number of amides is 1. The second-order valence-corrected chi connectivity index (χ2v) is 10.5. The number of thiazole rings is 1. The van der Waals surface area contributed by atoms with Crippen LogP contribution >= 0.6 is 11.3 Å². The summed E-state index contributed by atoms with van der Waals surface area (Å²) in [6, 6.07) is 5.05. The smallest absolute Gasteiger partial charge is 0.352 e. The Morgan fingerprint density at radius 1 is 1.28 bits per heavy atom. The minimum atomic E-state index is -1.04. The van der Waals surface area contributed by atoms with Gasteiger partial charge in [0.15, 0.2) is 10.9 Å². The predicted octanol–water partition coefficient (Wildman–Crippen LogP) is 3.94. The molecule has 1 amide bonds. The predicted molar refractivity (Wildman–Crippen MR) is 141 cm³/mol. The van der Waals surface area contributed by atoms with Crippen LogP contribution in [0.4, 0.5) is 5.13 Å². The number of hydrogen-bond donors (Lipinski definition) is 4. The zero-order valence-corrected chi connectivity index (χ0v) is 21.5. The number of rotatable bonds is 10. The van der Waals surface area contributed by atoms with Crippen LogP contribution < -0.4 is 11.1 Å². The molecule has 0 saturated carbocycles. The largest absolute Gasteiger partial charge is 0.477 e. The van der Waals surface area contributed by atoms with Gasteiger partial charge in [0.05, 0.1) is 0 Å². The molecule has 10 heteroatoms. The second-order valence-electron chi connectivity index (χ2n) is 9.41. The number of carbonyl (C=O) groups excluding carboxylic acids is 2. The number of fused-ring (bicyclic) bond motifs is 1. The van der Waals surface area contributed by atoms with Crippen molar-refractivity contribution in [3.63, 3.8) is 0 Å². The Kier molecular flexibility index (Phi) is 8.17. The Morgan fingerprint density at radius 2 is 2.03 bits per heavy atom. The molecule has 9 nitrogen and oxygen atoms in total. The van der Waals surface area contributed by atoms with Crippen molar-refractivity contribution < 1.29 is 19.5 Å². The minimum absolute atomic E-state index is 0.0395. The lowest BCUT2D eigenvalue weighted by molar-refractivity contribution is 0.0689. The Morgan fingerprint density at radius 3 is 2.69 bits per heavy atom. The van der Waals surface area contributed by atoms with E-state index in [-0.39, 0.29) is 17.4 Å². The van der Waals surface area contributed by atoms with Gasteiger partial charge < -0.3 is 20.7 Å². The first-order chi connectivity index (χ1) is 17.3. The average Bonchev–Trinajstić information content (AvgIpc) is 3.44. The molecule has 0 radical (unpaired) electrons. The van der Waals surface area contributed by atoms with Crippen LogP contribution in [0.25, 0.3) is 10.9 Å². The SMILES string of the molecule is CCc1sc(NC(=O)c2ccc3[nH]c(C(=O)O)c(CCCN)c3c2)nc1C(=O)CC1CCN(C)CC1. The van der Waals surface area contributed by atoms with Crippen molar-refractivity contribution in [2.75, 3.05) is 32.0 Å². The Bertz CT molecular complexity index is 1270. The summed E-state index contributed by atoms with van der Waals surface area (Å²) in [4.78, 5) is 48.4. The molecular weight excluding hydrogens is 478 g/mol. The first kappa shape index (κ1) is 26.0. The van der Waals surface area contributed by atoms with Gasteiger partial charge in [0.25, 0.3) is 5.91 Å². The number of carboxylic acid groups (broad SMARTS) is 1. The molecular formula is C26H33N5O4S. The summed E-state index contributed by atoms with van der Waals surface area (Å²) < 4.78 is 0. The number of piperidine rings is 1. The van der Waals surface area contributed by atoms with Crippen molar-refractivity contribution in [3.05, 3.63) is 45.6 Å². The second kappa shape index (κ2) is 11.3. The summed E-state index contributed by atoms with van der Waals surface area (Å²) in [5.74, 6) is -0.991. The number of ketones is 1. The van der Waals surface area contributed by atoms with Crippen LogP contribution in [0.1, 0.15) is 74.4 Å². The van der Waals surface area contributed by atoms with Crippen LogP contribution in [0.15, 0.2) is 18.2 Å². The van der Waals surface area contributed by atoms with Gasteiger partial charge >= 0.3 is 5.97 Å². The third-order valence-corrected chi connectivity index (χ3v) is 7.94. The zero-order valence-electron chi connectivity index (χ0n) is 20.7. The molecule has 36 heavy (non-hydrogen) atoms. The lowest BCUT2D eigenvalue weighted by atomic mass is 9.91. The van der Waals surface area contributed by atoms with Crippen molar-refractivity contribution in [3.8, 4) is 0 Å². The van der Waals surface area contributed by atoms with Crippen molar-refractivity contribution >= 4 is 45.0 Å². The zero-order chi connectivity index (χ0) is 25.8. The van der Waals surface area contributed by atoms with Gasteiger partial charge in [0.2, 0.25) is 0 Å². The summed E-state index contributed by atoms with van der Waals surface area (Å²) in [6.07, 6.45) is 4.31. The van der Waals surface area contributed by atoms with Gasteiger partial charge in [-0.05, 0) is 88.5 Å². The van der Waals surface area contributed by atoms with Crippen molar-refractivity contribution in [2.45, 2.75) is 45.4 Å². The summed E-state index contributed by atoms with van der Waals surface area (Å²) in [5, 5.41) is 13.5. The number of H-pyrrole nitrogens is 1. The molecule has 0 spiro atoms. The van der Waals surface area contributed by atoms with E-state index in [0.717, 1.165) is 30.8 Å². The Hall–Kier alpha value is -3.08. The summed E-state index contributed by atoms with van der Waals surface area (Å²) in [5.41, 5.74) is 7.90. The van der Waals surface area contributed by atoms with Crippen molar-refractivity contribution in [1.82, 2.24) is 14.9 Å². The Balaban J connectivity index is 1.52. The van der Waals surface area contributed by atoms with Gasteiger partial charge in [-0.15, -0.1) is 11.3 Å². The fourth-order valence-electron chi connectivity index (χ4n) is 4.77. The monoisotopic (exact) mass is 511 g/mol. The summed E-state index contributed by atoms with van der Waals surface area (Å²) in [7, 11) is 2.10. The molecule has 2 aromatic heterocycles. The molecule has 0 bridgehead atoms. The van der Waals surface area contributed by atoms with Crippen LogP contribution in [0.2, 0.25) is 0 Å². The maximum Gasteiger partial charge on any atom is 0.352 e. The van der Waals surface area contributed by atoms with E-state index in [4.69, 9.17) is 5.73 Å². The molecule has 3 aromatic rings. The van der Waals surface area contributed by atoms with E-state index in [1.165, 1.54) is 11.3 Å². The third kappa shape index (κ3) is 5.66. The highest BCUT2D eigenvalue weighted by Crippen LogP contribution is 2.29. The number of hydrogen-bond acceptors (Lipinski definition) is 7. The third-order valence-electron chi connectivity index (χ3n) is 6.83. The molecule has 1 aliphatic rings. The van der Waals surface area contributed by atoms with Crippen LogP contribution in [-0.4, -0.2) is 64.3 Å². The van der Waals surface area contributed by atoms with E-state index >= 15 is 0 Å². The number of anilines is 1. The molecule has 1 aliphatic heterocycles. The maximum absolute atomic E-state index is 13.1. The number of aromatic nitrogens is 2. The number of benzene rings is 1. The van der Waals surface area contributed by atoms with Crippen LogP contribution in [0.3, 0.4) is 0 Å². The van der Waals surface area contributed by atoms with Gasteiger partial charge in [-0.3, -0.25) is 14.9 Å². The highest BCUT2D eigenvalue weighted by Gasteiger charge is 2.25. The topological polar surface area (TPSA) is 141 Å². The van der Waals surface area contributed by atoms with Crippen LogP contribution in [-0.2, 0) is 12.8 Å². The van der Waals surface area contributed by atoms with Gasteiger partial charge in [-0.25, -0.2) is 9.78 Å². The van der Waals surface area contributed by atoms with Gasteiger partial charge in [-0.1, -0.05) is 6.92 Å². The molecule has 192 valence electrons. The molecule has 1 aromatic carbocycles. The lowest BCUT2D eigenvalue weighted by Gasteiger charge is -2.28. The molecule has 1 fully saturated rings. The van der Waals surface area contributed by atoms with Gasteiger partial charge in [0.1, 0.15) is 11.4 Å². The van der Waals surface area contributed by atoms with E-state index in [1.807, 2.05) is 6.92 Å². The number of carboxylic acids is 1. The van der Waals surface area contributed by atoms with E-state index in [2.05, 4.69) is 27.2 Å². The number of likely N-dealkylation sites (tertiary alicyclic amines) is 1. The fourth-order valence-corrected chi connectivity index (χ4v) is 5.68. The number of aryl methyl sites for hydroxylation is 2. The van der Waals surface area contributed by atoms with Crippen LogP contribution in [0.5, 0.6) is 0 Å². The number of aromatic amines is 1. The van der Waals surface area contributed by atoms with Crippen LogP contribution in [0, 0.1) is 5.92 Å². The van der Waals surface area contributed by atoms with E-state index < -0.39 is 5.97 Å². The average molecular weight is 512 g/mol. The molecule has 3 heterocycles. The maximum atomic E-state index is 13.1. The quantitative estimate of drug-likeness (QED) is 0.302. The lowest BCUT2D eigenvalue weighted by Crippen LogP contribution is -2.31. The molecule has 5 N–H and O–H groups in total. The normalized spacial score (nSPS) is 14.9. The molecule has 1 saturated heterocycles. The number of nitrogens with two attached hydrogens (primary N) is 1. The summed E-state index contributed by atoms with van der Waals surface area (Å²) in [6.45, 7) is 4.43. The van der Waals surface area contributed by atoms with Crippen molar-refractivity contribution in [1.29, 1.82) is 0 Å². The fraction of sp³-hybridized carbons (Fsp3) is 0.462. The number of aromatic carboxylic acids is 1. The van der Waals surface area contributed by atoms with Crippen molar-refractivity contribution in [2.24, 2.45) is 11.7 Å². The first-order valence-corrected chi connectivity index (χ1v) is 13.2. The summed E-state index contributed by atoms with van der Waals surface area (Å²) >= 11 is 1.33. The number of carbonyl (C=O) groups is 3. The molecule has 0 aliphatic carbocycles. The standard InChI is InChI=1S/C26H33N5O4S/c1-3-21-23(20(32)13-15-8-11-31(2)12-9-15)29-26(36-21)30-24(33)16-6-7-19-18(14-16)17(5-4-10-27)22(28-19)25(34)35/h6-7,14-15,28H,3-5,8-13,27H2,1-2H3,(H,34,35)(H,29,30,33). The Labute approximate surface area is 214 Å².